The first-order valence-corrected chi connectivity index (χ1v) is 7.14. The SMILES string of the molecule is O=C(O)COc1ccc(C=Cc2nc(=O)c3ccccc3o2)cc1. The third-order valence-electron chi connectivity index (χ3n) is 3.20. The third kappa shape index (κ3) is 3.67. The number of fused-ring (bicyclic) bond motifs is 1. The number of hydrogen-bond donors (Lipinski definition) is 1. The molecule has 0 bridgehead atoms. The first-order valence-electron chi connectivity index (χ1n) is 7.14. The van der Waals surface area contributed by atoms with E-state index >= 15 is 0 Å². The molecule has 0 fully saturated rings. The van der Waals surface area contributed by atoms with Crippen molar-refractivity contribution in [1.82, 2.24) is 4.98 Å². The van der Waals surface area contributed by atoms with Gasteiger partial charge in [-0.2, -0.15) is 4.98 Å². The van der Waals surface area contributed by atoms with Crippen LogP contribution in [0.5, 0.6) is 5.75 Å². The maximum atomic E-state index is 11.9. The quantitative estimate of drug-likeness (QED) is 0.776. The topological polar surface area (TPSA) is 89.6 Å². The summed E-state index contributed by atoms with van der Waals surface area (Å²) in [5.41, 5.74) is 0.971. The van der Waals surface area contributed by atoms with E-state index in [0.717, 1.165) is 5.56 Å². The number of aromatic nitrogens is 1. The summed E-state index contributed by atoms with van der Waals surface area (Å²) < 4.78 is 10.6. The second-order valence-electron chi connectivity index (χ2n) is 4.94. The Morgan fingerprint density at radius 2 is 1.88 bits per heavy atom. The predicted molar refractivity (Wildman–Crippen MR) is 88.8 cm³/mol. The van der Waals surface area contributed by atoms with Crippen LogP contribution in [0, 0.1) is 0 Å². The number of para-hydroxylation sites is 1. The Bertz CT molecular complexity index is 957. The molecule has 6 heteroatoms. The highest BCUT2D eigenvalue weighted by Gasteiger charge is 2.03. The number of benzene rings is 2. The zero-order chi connectivity index (χ0) is 16.9. The summed E-state index contributed by atoms with van der Waals surface area (Å²) >= 11 is 0. The number of carboxylic acids is 1. The minimum absolute atomic E-state index is 0.213. The summed E-state index contributed by atoms with van der Waals surface area (Å²) in [6, 6.07) is 13.7. The van der Waals surface area contributed by atoms with Crippen LogP contribution in [0.1, 0.15) is 11.5 Å². The smallest absolute Gasteiger partial charge is 0.341 e. The van der Waals surface area contributed by atoms with Crippen molar-refractivity contribution in [3.05, 3.63) is 70.3 Å². The molecule has 0 saturated heterocycles. The van der Waals surface area contributed by atoms with Crippen molar-refractivity contribution < 1.29 is 19.1 Å². The molecule has 120 valence electrons. The Morgan fingerprint density at radius 3 is 2.62 bits per heavy atom. The zero-order valence-corrected chi connectivity index (χ0v) is 12.5. The van der Waals surface area contributed by atoms with Crippen molar-refractivity contribution >= 4 is 29.1 Å². The van der Waals surface area contributed by atoms with E-state index in [1.54, 1.807) is 60.7 Å². The number of carbonyl (C=O) groups is 1. The minimum atomic E-state index is -1.03. The molecular weight excluding hydrogens is 310 g/mol. The minimum Gasteiger partial charge on any atom is -0.482 e. The molecule has 3 rings (SSSR count). The largest absolute Gasteiger partial charge is 0.482 e. The summed E-state index contributed by atoms with van der Waals surface area (Å²) in [5, 5.41) is 9.00. The van der Waals surface area contributed by atoms with Crippen LogP contribution >= 0.6 is 0 Å². The van der Waals surface area contributed by atoms with Gasteiger partial charge in [0, 0.05) is 6.08 Å². The van der Waals surface area contributed by atoms with Crippen molar-refractivity contribution in [1.29, 1.82) is 0 Å². The second-order valence-corrected chi connectivity index (χ2v) is 4.94. The van der Waals surface area contributed by atoms with E-state index in [1.165, 1.54) is 0 Å². The highest BCUT2D eigenvalue weighted by atomic mass is 16.5. The van der Waals surface area contributed by atoms with E-state index in [2.05, 4.69) is 4.98 Å². The third-order valence-corrected chi connectivity index (χ3v) is 3.20. The van der Waals surface area contributed by atoms with E-state index in [4.69, 9.17) is 14.3 Å². The van der Waals surface area contributed by atoms with Gasteiger partial charge in [-0.1, -0.05) is 24.3 Å². The fraction of sp³-hybridized carbons (Fsp3) is 0.0556. The standard InChI is InChI=1S/C18H13NO5/c20-17(21)11-23-13-8-5-12(6-9-13)7-10-16-19-18(22)14-3-1-2-4-15(14)24-16/h1-10H,11H2,(H,20,21). The molecule has 0 amide bonds. The lowest BCUT2D eigenvalue weighted by Gasteiger charge is -2.02. The number of rotatable bonds is 5. The molecule has 0 spiro atoms. The van der Waals surface area contributed by atoms with Crippen LogP contribution in [0.3, 0.4) is 0 Å². The van der Waals surface area contributed by atoms with Gasteiger partial charge in [0.2, 0.25) is 5.89 Å². The van der Waals surface area contributed by atoms with E-state index in [9.17, 15) is 9.59 Å². The van der Waals surface area contributed by atoms with Crippen molar-refractivity contribution in [3.8, 4) is 5.75 Å². The van der Waals surface area contributed by atoms with Crippen molar-refractivity contribution in [2.75, 3.05) is 6.61 Å². The molecule has 24 heavy (non-hydrogen) atoms. The van der Waals surface area contributed by atoms with Crippen LogP contribution in [0.25, 0.3) is 23.1 Å². The Balaban J connectivity index is 1.78. The number of carboxylic acid groups (broad SMARTS) is 1. The molecule has 3 aromatic rings. The Morgan fingerprint density at radius 1 is 1.12 bits per heavy atom. The average Bonchev–Trinajstić information content (AvgIpc) is 2.59. The van der Waals surface area contributed by atoms with E-state index in [-0.39, 0.29) is 18.1 Å². The molecule has 0 aliphatic rings. The maximum Gasteiger partial charge on any atom is 0.341 e. The fourth-order valence-electron chi connectivity index (χ4n) is 2.09. The molecule has 0 atom stereocenters. The van der Waals surface area contributed by atoms with Crippen molar-refractivity contribution in [2.45, 2.75) is 0 Å². The molecule has 1 N–H and O–H groups in total. The van der Waals surface area contributed by atoms with Crippen LogP contribution in [-0.2, 0) is 4.79 Å². The highest BCUT2D eigenvalue weighted by Crippen LogP contribution is 2.15. The molecule has 0 radical (unpaired) electrons. The predicted octanol–water partition coefficient (Wildman–Crippen LogP) is 2.82. The van der Waals surface area contributed by atoms with E-state index < -0.39 is 5.97 Å². The number of nitrogens with zero attached hydrogens (tertiary/aromatic N) is 1. The van der Waals surface area contributed by atoms with Crippen LogP contribution in [0.15, 0.2) is 57.7 Å². The molecule has 6 nitrogen and oxygen atoms in total. The number of hydrogen-bond acceptors (Lipinski definition) is 5. The highest BCUT2D eigenvalue weighted by molar-refractivity contribution is 5.76. The molecule has 0 aliphatic heterocycles. The summed E-state index contributed by atoms with van der Waals surface area (Å²) in [4.78, 5) is 26.2. The van der Waals surface area contributed by atoms with Gasteiger partial charge in [-0.15, -0.1) is 0 Å². The Kier molecular flexibility index (Phi) is 4.38. The Hall–Kier alpha value is -3.41. The molecule has 0 saturated carbocycles. The summed E-state index contributed by atoms with van der Waals surface area (Å²) in [5.74, 6) is -0.355. The monoisotopic (exact) mass is 323 g/mol. The van der Waals surface area contributed by atoms with E-state index in [0.29, 0.717) is 16.7 Å². The molecule has 2 aromatic carbocycles. The van der Waals surface area contributed by atoms with Gasteiger partial charge in [-0.05, 0) is 35.9 Å². The lowest BCUT2D eigenvalue weighted by Crippen LogP contribution is -2.09. The summed E-state index contributed by atoms with van der Waals surface area (Å²) in [7, 11) is 0. The van der Waals surface area contributed by atoms with Gasteiger partial charge in [-0.25, -0.2) is 4.79 Å². The number of ether oxygens (including phenoxy) is 1. The lowest BCUT2D eigenvalue weighted by atomic mass is 10.2. The van der Waals surface area contributed by atoms with Gasteiger partial charge >= 0.3 is 5.97 Å². The zero-order valence-electron chi connectivity index (χ0n) is 12.5. The van der Waals surface area contributed by atoms with Gasteiger partial charge < -0.3 is 14.3 Å². The van der Waals surface area contributed by atoms with Crippen LogP contribution < -0.4 is 10.3 Å². The van der Waals surface area contributed by atoms with Crippen LogP contribution in [0.2, 0.25) is 0 Å². The molecule has 0 aliphatic carbocycles. The number of aliphatic carboxylic acids is 1. The molecule has 1 heterocycles. The fourth-order valence-corrected chi connectivity index (χ4v) is 2.09. The van der Waals surface area contributed by atoms with Gasteiger partial charge in [0.05, 0.1) is 5.39 Å². The van der Waals surface area contributed by atoms with E-state index in [1.807, 2.05) is 0 Å². The molecule has 1 aromatic heterocycles. The van der Waals surface area contributed by atoms with Gasteiger partial charge in [0.25, 0.3) is 5.56 Å². The lowest BCUT2D eigenvalue weighted by molar-refractivity contribution is -0.139. The van der Waals surface area contributed by atoms with Gasteiger partial charge in [-0.3, -0.25) is 4.79 Å². The van der Waals surface area contributed by atoms with Gasteiger partial charge in [0.1, 0.15) is 11.3 Å². The first-order chi connectivity index (χ1) is 11.6. The molecular formula is C18H13NO5. The Labute approximate surface area is 136 Å². The van der Waals surface area contributed by atoms with Crippen molar-refractivity contribution in [3.63, 3.8) is 0 Å². The average molecular weight is 323 g/mol. The maximum absolute atomic E-state index is 11.9. The summed E-state index contributed by atoms with van der Waals surface area (Å²) in [6.45, 7) is -0.388. The van der Waals surface area contributed by atoms with Crippen LogP contribution in [0.4, 0.5) is 0 Å². The second kappa shape index (κ2) is 6.78. The first kappa shape index (κ1) is 15.5. The van der Waals surface area contributed by atoms with Crippen LogP contribution in [-0.4, -0.2) is 22.7 Å². The van der Waals surface area contributed by atoms with Crippen molar-refractivity contribution in [2.24, 2.45) is 0 Å². The molecule has 0 unspecified atom stereocenters. The normalized spacial score (nSPS) is 11.0. The summed E-state index contributed by atoms with van der Waals surface area (Å²) in [6.07, 6.45) is 3.34. The van der Waals surface area contributed by atoms with Gasteiger partial charge in [0.15, 0.2) is 6.61 Å².